The van der Waals surface area contributed by atoms with Gasteiger partial charge in [0.05, 0.1) is 14.2 Å². The van der Waals surface area contributed by atoms with Crippen LogP contribution >= 0.6 is 0 Å². The van der Waals surface area contributed by atoms with Crippen LogP contribution in [0.4, 0.5) is 0 Å². The molecule has 3 nitrogen and oxygen atoms in total. The lowest BCUT2D eigenvalue weighted by Crippen LogP contribution is -1.88. The van der Waals surface area contributed by atoms with Crippen molar-refractivity contribution in [3.8, 4) is 5.75 Å². The zero-order valence-electron chi connectivity index (χ0n) is 7.65. The maximum atomic E-state index is 9.02. The number of methoxy groups -OCH3 is 2. The Kier molecular flexibility index (Phi) is 3.20. The zero-order valence-corrected chi connectivity index (χ0v) is 7.65. The second kappa shape index (κ2) is 4.40. The number of hydrogen-bond acceptors (Lipinski definition) is 3. The molecular weight excluding hydrogens is 168 g/mol. The SMILES string of the molecule is COC(=Cc1ccc(O)cc1)OC. The van der Waals surface area contributed by atoms with Crippen LogP contribution in [0, 0.1) is 0 Å². The normalized spacial score (nSPS) is 9.08. The number of aromatic hydroxyl groups is 1. The molecule has 1 aromatic carbocycles. The largest absolute Gasteiger partial charge is 0.508 e. The van der Waals surface area contributed by atoms with Crippen molar-refractivity contribution in [3.05, 3.63) is 35.8 Å². The minimum absolute atomic E-state index is 0.244. The molecule has 0 atom stereocenters. The van der Waals surface area contributed by atoms with E-state index in [2.05, 4.69) is 0 Å². The van der Waals surface area contributed by atoms with Crippen molar-refractivity contribution >= 4 is 6.08 Å². The molecule has 1 rings (SSSR count). The lowest BCUT2D eigenvalue weighted by molar-refractivity contribution is 0.1000. The highest BCUT2D eigenvalue weighted by molar-refractivity contribution is 5.51. The molecule has 0 aliphatic heterocycles. The van der Waals surface area contributed by atoms with Gasteiger partial charge in [-0.15, -0.1) is 0 Å². The highest BCUT2D eigenvalue weighted by atomic mass is 16.7. The van der Waals surface area contributed by atoms with Gasteiger partial charge in [0.15, 0.2) is 0 Å². The lowest BCUT2D eigenvalue weighted by Gasteiger charge is -2.03. The van der Waals surface area contributed by atoms with Gasteiger partial charge in [0.25, 0.3) is 5.95 Å². The average molecular weight is 180 g/mol. The van der Waals surface area contributed by atoms with Crippen molar-refractivity contribution in [2.45, 2.75) is 0 Å². The van der Waals surface area contributed by atoms with Crippen molar-refractivity contribution in [1.82, 2.24) is 0 Å². The number of rotatable bonds is 3. The Labute approximate surface area is 77.2 Å². The Morgan fingerprint density at radius 2 is 1.69 bits per heavy atom. The monoisotopic (exact) mass is 180 g/mol. The summed E-state index contributed by atoms with van der Waals surface area (Å²) in [5, 5.41) is 9.02. The molecule has 70 valence electrons. The van der Waals surface area contributed by atoms with Crippen molar-refractivity contribution in [1.29, 1.82) is 0 Å². The molecule has 0 aromatic heterocycles. The number of phenols is 1. The maximum absolute atomic E-state index is 9.02. The molecule has 0 radical (unpaired) electrons. The predicted octanol–water partition coefficient (Wildman–Crippen LogP) is 1.98. The Balaban J connectivity index is 2.84. The van der Waals surface area contributed by atoms with E-state index in [-0.39, 0.29) is 5.75 Å². The summed E-state index contributed by atoms with van der Waals surface area (Å²) in [6, 6.07) is 6.75. The maximum Gasteiger partial charge on any atom is 0.279 e. The van der Waals surface area contributed by atoms with Gasteiger partial charge in [-0.3, -0.25) is 0 Å². The van der Waals surface area contributed by atoms with Crippen LogP contribution in [-0.2, 0) is 9.47 Å². The summed E-state index contributed by atoms with van der Waals surface area (Å²) in [4.78, 5) is 0. The Hall–Kier alpha value is -1.64. The number of ether oxygens (including phenoxy) is 2. The summed E-state index contributed by atoms with van der Waals surface area (Å²) in [5.41, 5.74) is 0.913. The quantitative estimate of drug-likeness (QED) is 0.723. The van der Waals surface area contributed by atoms with Gasteiger partial charge in [-0.05, 0) is 17.7 Å². The summed E-state index contributed by atoms with van der Waals surface area (Å²) in [5.74, 6) is 0.680. The molecule has 0 saturated carbocycles. The molecule has 0 spiro atoms. The van der Waals surface area contributed by atoms with Crippen molar-refractivity contribution < 1.29 is 14.6 Å². The molecule has 3 heteroatoms. The van der Waals surface area contributed by atoms with Gasteiger partial charge in [0.1, 0.15) is 5.75 Å². The van der Waals surface area contributed by atoms with E-state index in [1.54, 1.807) is 30.3 Å². The third-order valence-corrected chi connectivity index (χ3v) is 1.58. The molecule has 1 N–H and O–H groups in total. The lowest BCUT2D eigenvalue weighted by atomic mass is 10.2. The first-order valence-corrected chi connectivity index (χ1v) is 3.85. The second-order valence-corrected chi connectivity index (χ2v) is 2.46. The smallest absolute Gasteiger partial charge is 0.279 e. The first kappa shape index (κ1) is 9.45. The Bertz CT molecular complexity index is 282. The van der Waals surface area contributed by atoms with E-state index < -0.39 is 0 Å². The fraction of sp³-hybridized carbons (Fsp3) is 0.200. The second-order valence-electron chi connectivity index (χ2n) is 2.46. The third-order valence-electron chi connectivity index (χ3n) is 1.58. The van der Waals surface area contributed by atoms with Crippen LogP contribution in [0.25, 0.3) is 6.08 Å². The van der Waals surface area contributed by atoms with Crippen molar-refractivity contribution in [2.24, 2.45) is 0 Å². The Morgan fingerprint density at radius 3 is 2.15 bits per heavy atom. The number of benzene rings is 1. The van der Waals surface area contributed by atoms with Gasteiger partial charge in [0.2, 0.25) is 0 Å². The van der Waals surface area contributed by atoms with E-state index in [0.717, 1.165) is 5.56 Å². The van der Waals surface area contributed by atoms with E-state index in [1.165, 1.54) is 14.2 Å². The van der Waals surface area contributed by atoms with E-state index in [9.17, 15) is 0 Å². The summed E-state index contributed by atoms with van der Waals surface area (Å²) < 4.78 is 9.82. The van der Waals surface area contributed by atoms with Crippen molar-refractivity contribution in [2.75, 3.05) is 14.2 Å². The number of hydrogen-bond donors (Lipinski definition) is 1. The van der Waals surface area contributed by atoms with Crippen LogP contribution in [0.3, 0.4) is 0 Å². The van der Waals surface area contributed by atoms with Gasteiger partial charge >= 0.3 is 0 Å². The fourth-order valence-corrected chi connectivity index (χ4v) is 0.908. The third kappa shape index (κ3) is 2.71. The van der Waals surface area contributed by atoms with Gasteiger partial charge in [0, 0.05) is 6.08 Å². The zero-order chi connectivity index (χ0) is 9.68. The summed E-state index contributed by atoms with van der Waals surface area (Å²) in [6.45, 7) is 0. The molecule has 13 heavy (non-hydrogen) atoms. The molecule has 0 unspecified atom stereocenters. The molecule has 0 heterocycles. The van der Waals surface area contributed by atoms with Gasteiger partial charge in [-0.1, -0.05) is 12.1 Å². The minimum Gasteiger partial charge on any atom is -0.508 e. The fourth-order valence-electron chi connectivity index (χ4n) is 0.908. The van der Waals surface area contributed by atoms with Gasteiger partial charge in [-0.2, -0.15) is 0 Å². The predicted molar refractivity (Wildman–Crippen MR) is 50.1 cm³/mol. The molecule has 0 fully saturated rings. The van der Waals surface area contributed by atoms with Gasteiger partial charge < -0.3 is 14.6 Å². The molecule has 0 aliphatic carbocycles. The topological polar surface area (TPSA) is 38.7 Å². The number of phenolic OH excluding ortho intramolecular Hbond substituents is 1. The van der Waals surface area contributed by atoms with Crippen LogP contribution in [0.2, 0.25) is 0 Å². The molecule has 0 amide bonds. The standard InChI is InChI=1S/C10H12O3/c1-12-10(13-2)7-8-3-5-9(11)6-4-8/h3-7,11H,1-2H3. The molecule has 0 bridgehead atoms. The molecule has 1 aromatic rings. The van der Waals surface area contributed by atoms with Crippen LogP contribution in [-0.4, -0.2) is 19.3 Å². The summed E-state index contributed by atoms with van der Waals surface area (Å²) in [7, 11) is 3.07. The van der Waals surface area contributed by atoms with Crippen LogP contribution in [0.5, 0.6) is 5.75 Å². The minimum atomic E-state index is 0.244. The van der Waals surface area contributed by atoms with Crippen LogP contribution < -0.4 is 0 Å². The van der Waals surface area contributed by atoms with Crippen molar-refractivity contribution in [3.63, 3.8) is 0 Å². The molecule has 0 saturated heterocycles. The highest BCUT2D eigenvalue weighted by Gasteiger charge is 1.94. The van der Waals surface area contributed by atoms with Crippen LogP contribution in [0.1, 0.15) is 5.56 Å². The van der Waals surface area contributed by atoms with Gasteiger partial charge in [-0.25, -0.2) is 0 Å². The van der Waals surface area contributed by atoms with E-state index in [0.29, 0.717) is 5.95 Å². The first-order chi connectivity index (χ1) is 6.26. The Morgan fingerprint density at radius 1 is 1.15 bits per heavy atom. The highest BCUT2D eigenvalue weighted by Crippen LogP contribution is 2.12. The van der Waals surface area contributed by atoms with E-state index in [1.807, 2.05) is 0 Å². The first-order valence-electron chi connectivity index (χ1n) is 3.85. The van der Waals surface area contributed by atoms with Crippen LogP contribution in [0.15, 0.2) is 30.2 Å². The summed E-state index contributed by atoms with van der Waals surface area (Å²) >= 11 is 0. The van der Waals surface area contributed by atoms with E-state index in [4.69, 9.17) is 14.6 Å². The molecular formula is C10H12O3. The molecule has 0 aliphatic rings. The summed E-state index contributed by atoms with van der Waals surface area (Å²) in [6.07, 6.45) is 1.74. The van der Waals surface area contributed by atoms with E-state index >= 15 is 0 Å². The average Bonchev–Trinajstić information content (AvgIpc) is 2.17.